The number of sulfonamides is 1. The lowest BCUT2D eigenvalue weighted by molar-refractivity contribution is 0.601. The number of anilines is 2. The fraction of sp³-hybridized carbons (Fsp3) is 0. The molecule has 2 rings (SSSR count). The molecule has 0 aliphatic rings. The second kappa shape index (κ2) is 5.68. The molecule has 0 aliphatic heterocycles. The van der Waals surface area contributed by atoms with Crippen LogP contribution in [0.15, 0.2) is 51.8 Å². The van der Waals surface area contributed by atoms with Crippen molar-refractivity contribution in [3.8, 4) is 0 Å². The third-order valence-electron chi connectivity index (χ3n) is 2.35. The molecule has 0 aliphatic carbocycles. The average molecular weight is 453 g/mol. The molecule has 0 aromatic heterocycles. The zero-order valence-electron chi connectivity index (χ0n) is 9.60. The maximum absolute atomic E-state index is 12.2. The first-order valence-corrected chi connectivity index (χ1v) is 8.57. The van der Waals surface area contributed by atoms with E-state index in [1.54, 1.807) is 24.3 Å². The lowest BCUT2D eigenvalue weighted by Gasteiger charge is -2.09. The van der Waals surface area contributed by atoms with Gasteiger partial charge >= 0.3 is 0 Å². The number of hydrogen-bond donors (Lipinski definition) is 2. The van der Waals surface area contributed by atoms with E-state index in [0.29, 0.717) is 15.8 Å². The summed E-state index contributed by atoms with van der Waals surface area (Å²) in [6.07, 6.45) is 0. The van der Waals surface area contributed by atoms with Crippen molar-refractivity contribution in [1.82, 2.24) is 0 Å². The monoisotopic (exact) mass is 452 g/mol. The van der Waals surface area contributed by atoms with Gasteiger partial charge in [-0.25, -0.2) is 8.42 Å². The molecule has 3 N–H and O–H groups in total. The molecule has 0 amide bonds. The Morgan fingerprint density at radius 3 is 2.53 bits per heavy atom. The first-order chi connectivity index (χ1) is 8.88. The van der Waals surface area contributed by atoms with Crippen molar-refractivity contribution >= 4 is 59.9 Å². The Bertz CT molecular complexity index is 719. The van der Waals surface area contributed by atoms with Gasteiger partial charge in [0.1, 0.15) is 0 Å². The van der Waals surface area contributed by atoms with Crippen molar-refractivity contribution in [2.24, 2.45) is 0 Å². The van der Waals surface area contributed by atoms with Crippen LogP contribution in [0.2, 0.25) is 0 Å². The summed E-state index contributed by atoms with van der Waals surface area (Å²) in [7, 11) is -3.62. The summed E-state index contributed by atoms with van der Waals surface area (Å²) in [5.74, 6) is 0. The van der Waals surface area contributed by atoms with Gasteiger partial charge in [0.15, 0.2) is 0 Å². The summed E-state index contributed by atoms with van der Waals surface area (Å²) in [4.78, 5) is 0.132. The summed E-state index contributed by atoms with van der Waals surface area (Å²) in [6.45, 7) is 0. The van der Waals surface area contributed by atoms with E-state index in [9.17, 15) is 8.42 Å². The number of nitrogen functional groups attached to an aromatic ring is 1. The van der Waals surface area contributed by atoms with Gasteiger partial charge in [0.2, 0.25) is 0 Å². The smallest absolute Gasteiger partial charge is 0.261 e. The van der Waals surface area contributed by atoms with Crippen LogP contribution in [0, 0.1) is 3.57 Å². The van der Waals surface area contributed by atoms with Gasteiger partial charge in [0.05, 0.1) is 4.90 Å². The molecule has 0 unspecified atom stereocenters. The molecule has 7 heteroatoms. The highest BCUT2D eigenvalue weighted by Gasteiger charge is 2.15. The molecule has 0 heterocycles. The first-order valence-electron chi connectivity index (χ1n) is 5.22. The van der Waals surface area contributed by atoms with Gasteiger partial charge in [-0.05, 0) is 74.9 Å². The Kier molecular flexibility index (Phi) is 4.36. The molecule has 0 radical (unpaired) electrons. The lowest BCUT2D eigenvalue weighted by Crippen LogP contribution is -2.13. The van der Waals surface area contributed by atoms with Gasteiger partial charge in [-0.3, -0.25) is 4.72 Å². The van der Waals surface area contributed by atoms with Gasteiger partial charge < -0.3 is 5.73 Å². The van der Waals surface area contributed by atoms with Crippen LogP contribution in [-0.2, 0) is 10.0 Å². The summed E-state index contributed by atoms with van der Waals surface area (Å²) in [5.41, 5.74) is 6.60. The van der Waals surface area contributed by atoms with Crippen LogP contribution in [-0.4, -0.2) is 8.42 Å². The highest BCUT2D eigenvalue weighted by atomic mass is 127. The van der Waals surface area contributed by atoms with Gasteiger partial charge in [0, 0.05) is 19.4 Å². The average Bonchev–Trinajstić information content (AvgIpc) is 2.32. The normalized spacial score (nSPS) is 11.3. The number of benzene rings is 2. The van der Waals surface area contributed by atoms with Gasteiger partial charge in [-0.15, -0.1) is 0 Å². The number of halogens is 2. The highest BCUT2D eigenvalue weighted by Crippen LogP contribution is 2.24. The topological polar surface area (TPSA) is 72.2 Å². The Morgan fingerprint density at radius 2 is 1.89 bits per heavy atom. The maximum Gasteiger partial charge on any atom is 0.261 e. The molecule has 0 saturated heterocycles. The maximum atomic E-state index is 12.2. The van der Waals surface area contributed by atoms with E-state index < -0.39 is 10.0 Å². The van der Waals surface area contributed by atoms with Crippen molar-refractivity contribution in [3.05, 3.63) is 50.5 Å². The van der Waals surface area contributed by atoms with E-state index in [2.05, 4.69) is 43.2 Å². The number of nitrogens with one attached hydrogen (secondary N) is 1. The van der Waals surface area contributed by atoms with E-state index in [1.165, 1.54) is 12.1 Å². The molecule has 100 valence electrons. The number of hydrogen-bond acceptors (Lipinski definition) is 3. The van der Waals surface area contributed by atoms with Crippen molar-refractivity contribution < 1.29 is 8.42 Å². The van der Waals surface area contributed by atoms with Crippen LogP contribution in [0.1, 0.15) is 0 Å². The molecule has 2 aromatic carbocycles. The van der Waals surface area contributed by atoms with E-state index in [1.807, 2.05) is 6.07 Å². The Hall–Kier alpha value is -0.800. The fourth-order valence-corrected chi connectivity index (χ4v) is 3.33. The molecular formula is C12H10BrIN2O2S. The van der Waals surface area contributed by atoms with Crippen LogP contribution in [0.3, 0.4) is 0 Å². The van der Waals surface area contributed by atoms with Crippen molar-refractivity contribution in [2.45, 2.75) is 4.90 Å². The van der Waals surface area contributed by atoms with E-state index in [-0.39, 0.29) is 4.90 Å². The Balaban J connectivity index is 2.35. The Labute approximate surface area is 133 Å². The minimum Gasteiger partial charge on any atom is -0.398 e. The van der Waals surface area contributed by atoms with E-state index in [4.69, 9.17) is 5.73 Å². The van der Waals surface area contributed by atoms with Crippen LogP contribution in [0.25, 0.3) is 0 Å². The quantitative estimate of drug-likeness (QED) is 0.553. The zero-order chi connectivity index (χ0) is 14.0. The summed E-state index contributed by atoms with van der Waals surface area (Å²) >= 11 is 5.35. The van der Waals surface area contributed by atoms with Crippen molar-refractivity contribution in [1.29, 1.82) is 0 Å². The number of rotatable bonds is 3. The molecule has 19 heavy (non-hydrogen) atoms. The zero-order valence-corrected chi connectivity index (χ0v) is 14.2. The van der Waals surface area contributed by atoms with Crippen molar-refractivity contribution in [2.75, 3.05) is 10.5 Å². The largest absolute Gasteiger partial charge is 0.398 e. The SMILES string of the molecule is Nc1cc(S(=O)(=O)Nc2cccc(I)c2)ccc1Br. The van der Waals surface area contributed by atoms with Crippen molar-refractivity contribution in [3.63, 3.8) is 0 Å². The molecular weight excluding hydrogens is 443 g/mol. The third kappa shape index (κ3) is 3.61. The molecule has 0 atom stereocenters. The molecule has 0 fully saturated rings. The molecule has 0 saturated carbocycles. The predicted octanol–water partition coefficient (Wildman–Crippen LogP) is 3.44. The van der Waals surface area contributed by atoms with E-state index in [0.717, 1.165) is 3.57 Å². The minimum atomic E-state index is -3.62. The predicted molar refractivity (Wildman–Crippen MR) is 88.5 cm³/mol. The summed E-state index contributed by atoms with van der Waals surface area (Å²) < 4.78 is 28.5. The molecule has 2 aromatic rings. The summed E-state index contributed by atoms with van der Waals surface area (Å²) in [5, 5.41) is 0. The lowest BCUT2D eigenvalue weighted by atomic mass is 10.3. The molecule has 0 bridgehead atoms. The fourth-order valence-electron chi connectivity index (χ4n) is 1.46. The first kappa shape index (κ1) is 14.6. The van der Waals surface area contributed by atoms with Crippen LogP contribution >= 0.6 is 38.5 Å². The third-order valence-corrected chi connectivity index (χ3v) is 5.13. The minimum absolute atomic E-state index is 0.132. The molecule has 0 spiro atoms. The second-order valence-corrected chi connectivity index (χ2v) is 7.58. The van der Waals surface area contributed by atoms with Crippen LogP contribution < -0.4 is 10.5 Å². The standard InChI is InChI=1S/C12H10BrIN2O2S/c13-11-5-4-10(7-12(11)15)19(17,18)16-9-3-1-2-8(14)6-9/h1-7,16H,15H2. The number of nitrogens with two attached hydrogens (primary N) is 1. The van der Waals surface area contributed by atoms with Gasteiger partial charge in [0.25, 0.3) is 10.0 Å². The molecule has 4 nitrogen and oxygen atoms in total. The Morgan fingerprint density at radius 1 is 1.16 bits per heavy atom. The van der Waals surface area contributed by atoms with Gasteiger partial charge in [-0.1, -0.05) is 6.07 Å². The van der Waals surface area contributed by atoms with Crippen LogP contribution in [0.4, 0.5) is 11.4 Å². The second-order valence-electron chi connectivity index (χ2n) is 3.80. The van der Waals surface area contributed by atoms with E-state index >= 15 is 0 Å². The highest BCUT2D eigenvalue weighted by molar-refractivity contribution is 14.1. The summed E-state index contributed by atoms with van der Waals surface area (Å²) in [6, 6.07) is 11.6. The van der Waals surface area contributed by atoms with Crippen LogP contribution in [0.5, 0.6) is 0 Å². The van der Waals surface area contributed by atoms with Gasteiger partial charge in [-0.2, -0.15) is 0 Å².